The van der Waals surface area contributed by atoms with Gasteiger partial charge in [0.25, 0.3) is 0 Å². The third kappa shape index (κ3) is 3.95. The van der Waals surface area contributed by atoms with Crippen LogP contribution in [0.2, 0.25) is 0 Å². The highest BCUT2D eigenvalue weighted by Gasteiger charge is 2.06. The van der Waals surface area contributed by atoms with Crippen LogP contribution in [0.5, 0.6) is 0 Å². The largest absolute Gasteiger partial charge is 0.395 e. The number of benzene rings is 1. The minimum atomic E-state index is 0.241. The van der Waals surface area contributed by atoms with Crippen LogP contribution in [0.4, 0.5) is 0 Å². The Morgan fingerprint density at radius 1 is 1.19 bits per heavy atom. The predicted octanol–water partition coefficient (Wildman–Crippen LogP) is 2.51. The van der Waals surface area contributed by atoms with Crippen molar-refractivity contribution in [3.8, 4) is 0 Å². The molecule has 1 rings (SSSR count). The number of hydrogen-bond donors (Lipinski definition) is 1. The van der Waals surface area contributed by atoms with Crippen LogP contribution < -0.4 is 0 Å². The van der Waals surface area contributed by atoms with Crippen LogP contribution in [0.3, 0.4) is 0 Å². The summed E-state index contributed by atoms with van der Waals surface area (Å²) in [7, 11) is 0. The molecule has 0 aliphatic heterocycles. The third-order valence-electron chi connectivity index (χ3n) is 2.85. The van der Waals surface area contributed by atoms with E-state index in [-0.39, 0.29) is 6.61 Å². The fourth-order valence-corrected chi connectivity index (χ4v) is 1.99. The summed E-state index contributed by atoms with van der Waals surface area (Å²) in [5.41, 5.74) is 4.02. The smallest absolute Gasteiger partial charge is 0.0558 e. The second-order valence-electron chi connectivity index (χ2n) is 4.43. The minimum Gasteiger partial charge on any atom is -0.395 e. The first-order chi connectivity index (χ1) is 7.67. The van der Waals surface area contributed by atoms with Crippen LogP contribution in [0, 0.1) is 13.8 Å². The van der Waals surface area contributed by atoms with E-state index in [4.69, 9.17) is 5.11 Å². The molecule has 0 heterocycles. The van der Waals surface area contributed by atoms with E-state index >= 15 is 0 Å². The molecule has 0 spiro atoms. The number of aliphatic hydroxyl groups is 1. The Labute approximate surface area is 98.9 Å². The van der Waals surface area contributed by atoms with Gasteiger partial charge in [-0.15, -0.1) is 0 Å². The van der Waals surface area contributed by atoms with Gasteiger partial charge in [-0.3, -0.25) is 4.90 Å². The highest BCUT2D eigenvalue weighted by molar-refractivity contribution is 5.30. The van der Waals surface area contributed by atoms with E-state index in [1.807, 2.05) is 0 Å². The molecule has 0 saturated carbocycles. The Kier molecular flexibility index (Phi) is 5.50. The monoisotopic (exact) mass is 221 g/mol. The van der Waals surface area contributed by atoms with Crippen LogP contribution in [0.15, 0.2) is 18.2 Å². The zero-order valence-corrected chi connectivity index (χ0v) is 10.7. The quantitative estimate of drug-likeness (QED) is 0.798. The molecule has 0 saturated heterocycles. The normalized spacial score (nSPS) is 11.1. The van der Waals surface area contributed by atoms with Crippen LogP contribution in [0.25, 0.3) is 0 Å². The van der Waals surface area contributed by atoms with E-state index in [0.717, 1.165) is 26.1 Å². The fourth-order valence-electron chi connectivity index (χ4n) is 1.99. The number of hydrogen-bond acceptors (Lipinski definition) is 2. The first-order valence-corrected chi connectivity index (χ1v) is 6.06. The number of nitrogens with zero attached hydrogens (tertiary/aromatic N) is 1. The average Bonchev–Trinajstić information content (AvgIpc) is 2.23. The molecule has 1 aromatic carbocycles. The Morgan fingerprint density at radius 2 is 1.94 bits per heavy atom. The zero-order chi connectivity index (χ0) is 12.0. The molecule has 0 aliphatic rings. The Hall–Kier alpha value is -0.860. The molecule has 16 heavy (non-hydrogen) atoms. The third-order valence-corrected chi connectivity index (χ3v) is 2.85. The van der Waals surface area contributed by atoms with Crippen molar-refractivity contribution in [1.29, 1.82) is 0 Å². The number of rotatable bonds is 6. The lowest BCUT2D eigenvalue weighted by Gasteiger charge is -2.21. The summed E-state index contributed by atoms with van der Waals surface area (Å²) in [6.45, 7) is 9.45. The maximum absolute atomic E-state index is 9.01. The van der Waals surface area contributed by atoms with Gasteiger partial charge in [0.15, 0.2) is 0 Å². The molecule has 90 valence electrons. The van der Waals surface area contributed by atoms with Crippen molar-refractivity contribution in [2.24, 2.45) is 0 Å². The van der Waals surface area contributed by atoms with Crippen LogP contribution >= 0.6 is 0 Å². The summed E-state index contributed by atoms with van der Waals surface area (Å²) in [4.78, 5) is 2.30. The maximum Gasteiger partial charge on any atom is 0.0558 e. The van der Waals surface area contributed by atoms with Crippen LogP contribution in [-0.2, 0) is 6.54 Å². The van der Waals surface area contributed by atoms with E-state index in [9.17, 15) is 0 Å². The molecular formula is C14H23NO. The summed E-state index contributed by atoms with van der Waals surface area (Å²) >= 11 is 0. The van der Waals surface area contributed by atoms with E-state index in [2.05, 4.69) is 43.9 Å². The van der Waals surface area contributed by atoms with Crippen molar-refractivity contribution in [1.82, 2.24) is 4.90 Å². The molecule has 2 heteroatoms. The summed E-state index contributed by atoms with van der Waals surface area (Å²) in [5.74, 6) is 0. The van der Waals surface area contributed by atoms with E-state index < -0.39 is 0 Å². The first kappa shape index (κ1) is 13.2. The zero-order valence-electron chi connectivity index (χ0n) is 10.7. The highest BCUT2D eigenvalue weighted by atomic mass is 16.3. The summed E-state index contributed by atoms with van der Waals surface area (Å²) in [5, 5.41) is 9.01. The van der Waals surface area contributed by atoms with Crippen molar-refractivity contribution in [2.75, 3.05) is 19.7 Å². The van der Waals surface area contributed by atoms with Crippen molar-refractivity contribution >= 4 is 0 Å². The Bertz CT molecular complexity index is 317. The summed E-state index contributed by atoms with van der Waals surface area (Å²) in [6.07, 6.45) is 1.13. The lowest BCUT2D eigenvalue weighted by atomic mass is 10.1. The van der Waals surface area contributed by atoms with Crippen LogP contribution in [-0.4, -0.2) is 29.7 Å². The van der Waals surface area contributed by atoms with E-state index in [1.165, 1.54) is 16.7 Å². The molecule has 0 aliphatic carbocycles. The van der Waals surface area contributed by atoms with Gasteiger partial charge in [-0.1, -0.05) is 30.7 Å². The van der Waals surface area contributed by atoms with Crippen LogP contribution in [0.1, 0.15) is 30.0 Å². The topological polar surface area (TPSA) is 23.5 Å². The van der Waals surface area contributed by atoms with Crippen molar-refractivity contribution in [2.45, 2.75) is 33.7 Å². The van der Waals surface area contributed by atoms with Gasteiger partial charge in [0.1, 0.15) is 0 Å². The lowest BCUT2D eigenvalue weighted by Crippen LogP contribution is -2.27. The molecule has 2 nitrogen and oxygen atoms in total. The van der Waals surface area contributed by atoms with Gasteiger partial charge in [-0.2, -0.15) is 0 Å². The van der Waals surface area contributed by atoms with Gasteiger partial charge in [0, 0.05) is 13.1 Å². The van der Waals surface area contributed by atoms with Gasteiger partial charge in [-0.05, 0) is 37.9 Å². The molecule has 0 bridgehead atoms. The summed E-state index contributed by atoms with van der Waals surface area (Å²) < 4.78 is 0. The first-order valence-electron chi connectivity index (χ1n) is 6.06. The lowest BCUT2D eigenvalue weighted by molar-refractivity contribution is 0.190. The van der Waals surface area contributed by atoms with Gasteiger partial charge in [0.05, 0.1) is 6.61 Å². The second-order valence-corrected chi connectivity index (χ2v) is 4.43. The Balaban J connectivity index is 2.68. The standard InChI is InChI=1S/C14H23NO/c1-4-7-15(8-9-16)11-14-6-5-12(2)10-13(14)3/h5-6,10,16H,4,7-9,11H2,1-3H3. The molecular weight excluding hydrogens is 198 g/mol. The molecule has 1 N–H and O–H groups in total. The molecule has 0 amide bonds. The van der Waals surface area contributed by atoms with Gasteiger partial charge in [-0.25, -0.2) is 0 Å². The average molecular weight is 221 g/mol. The summed E-state index contributed by atoms with van der Waals surface area (Å²) in [6, 6.07) is 6.58. The molecule has 0 unspecified atom stereocenters. The minimum absolute atomic E-state index is 0.241. The molecule has 0 atom stereocenters. The van der Waals surface area contributed by atoms with Gasteiger partial charge < -0.3 is 5.11 Å². The predicted molar refractivity (Wildman–Crippen MR) is 68.6 cm³/mol. The second kappa shape index (κ2) is 6.66. The fraction of sp³-hybridized carbons (Fsp3) is 0.571. The maximum atomic E-state index is 9.01. The van der Waals surface area contributed by atoms with Gasteiger partial charge in [0.2, 0.25) is 0 Å². The van der Waals surface area contributed by atoms with E-state index in [0.29, 0.717) is 0 Å². The van der Waals surface area contributed by atoms with E-state index in [1.54, 1.807) is 0 Å². The molecule has 0 fully saturated rings. The van der Waals surface area contributed by atoms with Gasteiger partial charge >= 0.3 is 0 Å². The molecule has 0 aromatic heterocycles. The number of aryl methyl sites for hydroxylation is 2. The Morgan fingerprint density at radius 3 is 2.50 bits per heavy atom. The number of aliphatic hydroxyl groups excluding tert-OH is 1. The molecule has 1 aromatic rings. The molecule has 0 radical (unpaired) electrons. The SMILES string of the molecule is CCCN(CCO)Cc1ccc(C)cc1C. The van der Waals surface area contributed by atoms with Crippen molar-refractivity contribution in [3.63, 3.8) is 0 Å². The van der Waals surface area contributed by atoms with Crippen molar-refractivity contribution < 1.29 is 5.11 Å². The highest BCUT2D eigenvalue weighted by Crippen LogP contribution is 2.13. The van der Waals surface area contributed by atoms with Crippen molar-refractivity contribution in [3.05, 3.63) is 34.9 Å².